The average Bonchev–Trinajstić information content (AvgIpc) is 3.27. The Kier molecular flexibility index (Phi) is 4.60. The van der Waals surface area contributed by atoms with E-state index in [0.29, 0.717) is 24.1 Å². The molecule has 1 saturated heterocycles. The summed E-state index contributed by atoms with van der Waals surface area (Å²) in [6.45, 7) is 2.22. The molecular weight excluding hydrogens is 338 g/mol. The van der Waals surface area contributed by atoms with Crippen LogP contribution in [0.3, 0.4) is 0 Å². The lowest BCUT2D eigenvalue weighted by molar-refractivity contribution is 0.142. The fourth-order valence-corrected chi connectivity index (χ4v) is 3.66. The van der Waals surface area contributed by atoms with Crippen LogP contribution in [0.25, 0.3) is 0 Å². The molecule has 4 rings (SSSR count). The van der Waals surface area contributed by atoms with E-state index in [2.05, 4.69) is 26.9 Å². The van der Waals surface area contributed by atoms with Crippen LogP contribution in [-0.2, 0) is 13.6 Å². The van der Waals surface area contributed by atoms with Gasteiger partial charge in [0.15, 0.2) is 0 Å². The fraction of sp³-hybridized carbons (Fsp3) is 0.611. The third kappa shape index (κ3) is 3.56. The number of alkyl halides is 2. The summed E-state index contributed by atoms with van der Waals surface area (Å²) in [4.78, 5) is 13.5. The molecular formula is C18H24F2N6. The molecule has 1 unspecified atom stereocenters. The van der Waals surface area contributed by atoms with Crippen molar-refractivity contribution in [1.82, 2.24) is 24.6 Å². The molecule has 0 amide bonds. The summed E-state index contributed by atoms with van der Waals surface area (Å²) in [7, 11) is 3.74. The fourth-order valence-electron chi connectivity index (χ4n) is 3.66. The summed E-state index contributed by atoms with van der Waals surface area (Å²) in [5.74, 6) is 2.42. The number of hydrogen-bond acceptors (Lipinski definition) is 5. The normalized spacial score (nSPS) is 20.9. The number of aromatic nitrogens is 4. The molecule has 1 saturated carbocycles. The van der Waals surface area contributed by atoms with Gasteiger partial charge in [-0.05, 0) is 25.3 Å². The number of likely N-dealkylation sites (tertiary alicyclic amines) is 1. The van der Waals surface area contributed by atoms with E-state index >= 15 is 0 Å². The molecule has 1 aliphatic heterocycles. The van der Waals surface area contributed by atoms with Crippen LogP contribution in [-0.4, -0.2) is 50.8 Å². The maximum absolute atomic E-state index is 13.1. The van der Waals surface area contributed by atoms with Gasteiger partial charge in [-0.15, -0.1) is 0 Å². The molecule has 140 valence electrons. The number of nitrogens with zero attached hydrogens (tertiary/aromatic N) is 6. The standard InChI is InChI=1S/C18H24F2N6/c1-24-9-13(16(23-24)17(19)20)10-26-8-6-14(11-26)25(2)15-5-7-21-18(22-15)12-3-4-12/h5,7,9,12,14,17H,3-4,6,8,10-11H2,1-2H3. The van der Waals surface area contributed by atoms with Crippen LogP contribution in [0, 0.1) is 0 Å². The van der Waals surface area contributed by atoms with Crippen molar-refractivity contribution in [3.63, 3.8) is 0 Å². The van der Waals surface area contributed by atoms with E-state index in [9.17, 15) is 8.78 Å². The first-order valence-electron chi connectivity index (χ1n) is 9.10. The van der Waals surface area contributed by atoms with Crippen molar-refractivity contribution < 1.29 is 8.78 Å². The third-order valence-electron chi connectivity index (χ3n) is 5.30. The Morgan fingerprint density at radius 2 is 2.12 bits per heavy atom. The molecule has 0 N–H and O–H groups in total. The SMILES string of the molecule is CN(c1ccnc(C2CC2)n1)C1CCN(Cc2cn(C)nc2C(F)F)C1. The lowest BCUT2D eigenvalue weighted by atomic mass is 10.2. The molecule has 8 heteroatoms. The number of rotatable bonds is 6. The molecule has 2 aliphatic rings. The van der Waals surface area contributed by atoms with E-state index in [1.807, 2.05) is 12.3 Å². The van der Waals surface area contributed by atoms with Crippen molar-refractivity contribution >= 4 is 5.82 Å². The van der Waals surface area contributed by atoms with E-state index in [4.69, 9.17) is 4.98 Å². The molecule has 1 atom stereocenters. The van der Waals surface area contributed by atoms with Crippen LogP contribution in [0.2, 0.25) is 0 Å². The van der Waals surface area contributed by atoms with Gasteiger partial charge in [0.1, 0.15) is 17.3 Å². The zero-order valence-corrected chi connectivity index (χ0v) is 15.1. The van der Waals surface area contributed by atoms with Gasteiger partial charge >= 0.3 is 0 Å². The lowest BCUT2D eigenvalue weighted by Crippen LogP contribution is -2.35. The van der Waals surface area contributed by atoms with Gasteiger partial charge in [0.25, 0.3) is 6.43 Å². The predicted molar refractivity (Wildman–Crippen MR) is 94.3 cm³/mol. The second-order valence-corrected chi connectivity index (χ2v) is 7.35. The van der Waals surface area contributed by atoms with Crippen molar-refractivity contribution in [2.75, 3.05) is 25.0 Å². The van der Waals surface area contributed by atoms with E-state index in [-0.39, 0.29) is 5.69 Å². The zero-order chi connectivity index (χ0) is 18.3. The Balaban J connectivity index is 1.41. The van der Waals surface area contributed by atoms with Crippen LogP contribution in [0.15, 0.2) is 18.5 Å². The maximum atomic E-state index is 13.1. The minimum absolute atomic E-state index is 0.103. The highest BCUT2D eigenvalue weighted by atomic mass is 19.3. The van der Waals surface area contributed by atoms with Crippen LogP contribution >= 0.6 is 0 Å². The molecule has 2 aromatic heterocycles. The second kappa shape index (κ2) is 6.90. The minimum Gasteiger partial charge on any atom is -0.355 e. The van der Waals surface area contributed by atoms with Gasteiger partial charge in [-0.2, -0.15) is 5.10 Å². The van der Waals surface area contributed by atoms with Crippen molar-refractivity contribution in [3.05, 3.63) is 35.5 Å². The number of hydrogen-bond donors (Lipinski definition) is 0. The van der Waals surface area contributed by atoms with E-state index in [1.165, 1.54) is 17.5 Å². The number of anilines is 1. The molecule has 6 nitrogen and oxygen atoms in total. The van der Waals surface area contributed by atoms with E-state index in [0.717, 1.165) is 31.2 Å². The number of halogens is 2. The first-order valence-corrected chi connectivity index (χ1v) is 9.10. The summed E-state index contributed by atoms with van der Waals surface area (Å²) in [5, 5.41) is 3.90. The third-order valence-corrected chi connectivity index (χ3v) is 5.30. The molecule has 2 fully saturated rings. The van der Waals surface area contributed by atoms with Crippen molar-refractivity contribution in [2.45, 2.75) is 44.2 Å². The predicted octanol–water partition coefficient (Wildman–Crippen LogP) is 2.74. The molecule has 0 radical (unpaired) electrons. The van der Waals surface area contributed by atoms with Crippen LogP contribution < -0.4 is 4.90 Å². The van der Waals surface area contributed by atoms with Gasteiger partial charge < -0.3 is 4.90 Å². The molecule has 1 aliphatic carbocycles. The van der Waals surface area contributed by atoms with E-state index < -0.39 is 6.43 Å². The molecule has 0 aromatic carbocycles. The molecule has 0 bridgehead atoms. The van der Waals surface area contributed by atoms with Crippen molar-refractivity contribution in [2.24, 2.45) is 7.05 Å². The van der Waals surface area contributed by atoms with Gasteiger partial charge in [-0.1, -0.05) is 0 Å². The summed E-state index contributed by atoms with van der Waals surface area (Å²) in [6.07, 6.45) is 4.36. The van der Waals surface area contributed by atoms with Gasteiger partial charge in [-0.3, -0.25) is 9.58 Å². The van der Waals surface area contributed by atoms with Crippen LogP contribution in [0.1, 0.15) is 48.7 Å². The van der Waals surface area contributed by atoms with Crippen molar-refractivity contribution in [3.8, 4) is 0 Å². The van der Waals surface area contributed by atoms with Gasteiger partial charge in [-0.25, -0.2) is 18.7 Å². The van der Waals surface area contributed by atoms with Crippen LogP contribution in [0.4, 0.5) is 14.6 Å². The summed E-state index contributed by atoms with van der Waals surface area (Å²) < 4.78 is 27.7. The largest absolute Gasteiger partial charge is 0.355 e. The van der Waals surface area contributed by atoms with Gasteiger partial charge in [0, 0.05) is 63.6 Å². The minimum atomic E-state index is -2.53. The smallest absolute Gasteiger partial charge is 0.282 e. The highest BCUT2D eigenvalue weighted by molar-refractivity contribution is 5.39. The highest BCUT2D eigenvalue weighted by Gasteiger charge is 2.30. The topological polar surface area (TPSA) is 50.1 Å². The van der Waals surface area contributed by atoms with Gasteiger partial charge in [0.05, 0.1) is 0 Å². The summed E-state index contributed by atoms with van der Waals surface area (Å²) in [6, 6.07) is 2.27. The zero-order valence-electron chi connectivity index (χ0n) is 15.1. The molecule has 3 heterocycles. The monoisotopic (exact) mass is 362 g/mol. The van der Waals surface area contributed by atoms with E-state index in [1.54, 1.807) is 13.2 Å². The number of aryl methyl sites for hydroxylation is 1. The summed E-state index contributed by atoms with van der Waals surface area (Å²) >= 11 is 0. The van der Waals surface area contributed by atoms with Crippen molar-refractivity contribution in [1.29, 1.82) is 0 Å². The lowest BCUT2D eigenvalue weighted by Gasteiger charge is -2.26. The maximum Gasteiger partial charge on any atom is 0.282 e. The molecule has 2 aromatic rings. The van der Waals surface area contributed by atoms with Gasteiger partial charge in [0.2, 0.25) is 0 Å². The second-order valence-electron chi connectivity index (χ2n) is 7.35. The first-order chi connectivity index (χ1) is 12.5. The Bertz CT molecular complexity index is 773. The molecule has 26 heavy (non-hydrogen) atoms. The average molecular weight is 362 g/mol. The Morgan fingerprint density at radius 3 is 2.85 bits per heavy atom. The number of likely N-dealkylation sites (N-methyl/N-ethyl adjacent to an activating group) is 1. The highest BCUT2D eigenvalue weighted by Crippen LogP contribution is 2.38. The first kappa shape index (κ1) is 17.3. The Morgan fingerprint density at radius 1 is 1.31 bits per heavy atom. The Hall–Kier alpha value is -2.09. The molecule has 0 spiro atoms. The van der Waals surface area contributed by atoms with Crippen LogP contribution in [0.5, 0.6) is 0 Å². The Labute approximate surface area is 151 Å². The summed E-state index contributed by atoms with van der Waals surface area (Å²) in [5.41, 5.74) is 0.512. The quantitative estimate of drug-likeness (QED) is 0.791.